The molecular weight excluding hydrogens is 238 g/mol. The zero-order valence-corrected chi connectivity index (χ0v) is 10.3. The standard InChI is InChI=1S/C16H13NO2/c18-11-13-10-14(12-6-2-1-3-7-12)16(19)17-9-5-4-8-15(13)17/h1-10,18H,11H2. The van der Waals surface area contributed by atoms with Gasteiger partial charge in [0.25, 0.3) is 5.56 Å². The molecule has 0 amide bonds. The van der Waals surface area contributed by atoms with E-state index in [4.69, 9.17) is 0 Å². The summed E-state index contributed by atoms with van der Waals surface area (Å²) in [4.78, 5) is 12.5. The van der Waals surface area contributed by atoms with Gasteiger partial charge in [0.15, 0.2) is 0 Å². The Kier molecular flexibility index (Phi) is 2.89. The van der Waals surface area contributed by atoms with Crippen LogP contribution in [0.25, 0.3) is 16.6 Å². The number of benzene rings is 1. The predicted molar refractivity (Wildman–Crippen MR) is 75.0 cm³/mol. The van der Waals surface area contributed by atoms with E-state index in [1.807, 2.05) is 48.5 Å². The van der Waals surface area contributed by atoms with Gasteiger partial charge in [-0.2, -0.15) is 0 Å². The highest BCUT2D eigenvalue weighted by atomic mass is 16.3. The Bertz CT molecular complexity index is 776. The van der Waals surface area contributed by atoms with Crippen molar-refractivity contribution < 1.29 is 5.11 Å². The van der Waals surface area contributed by atoms with E-state index in [0.29, 0.717) is 5.56 Å². The number of aliphatic hydroxyl groups is 1. The molecule has 0 bridgehead atoms. The first-order chi connectivity index (χ1) is 9.31. The number of nitrogens with zero attached hydrogens (tertiary/aromatic N) is 1. The first-order valence-corrected chi connectivity index (χ1v) is 6.11. The summed E-state index contributed by atoms with van der Waals surface area (Å²) in [6.07, 6.45) is 1.73. The minimum atomic E-state index is -0.0897. The van der Waals surface area contributed by atoms with Crippen LogP contribution < -0.4 is 5.56 Å². The van der Waals surface area contributed by atoms with Crippen LogP contribution in [0.15, 0.2) is 65.6 Å². The van der Waals surface area contributed by atoms with Gasteiger partial charge >= 0.3 is 0 Å². The van der Waals surface area contributed by atoms with Gasteiger partial charge in [-0.25, -0.2) is 0 Å². The summed E-state index contributed by atoms with van der Waals surface area (Å²) in [5, 5.41) is 9.48. The molecular formula is C16H13NO2. The fourth-order valence-electron chi connectivity index (χ4n) is 2.27. The Labute approximate surface area is 110 Å². The van der Waals surface area contributed by atoms with Crippen LogP contribution in [-0.2, 0) is 6.61 Å². The summed E-state index contributed by atoms with van der Waals surface area (Å²) >= 11 is 0. The van der Waals surface area contributed by atoms with Gasteiger partial charge in [-0.15, -0.1) is 0 Å². The smallest absolute Gasteiger partial charge is 0.262 e. The average Bonchev–Trinajstić information content (AvgIpc) is 2.49. The monoisotopic (exact) mass is 251 g/mol. The van der Waals surface area contributed by atoms with Crippen LogP contribution in [0, 0.1) is 0 Å². The first-order valence-electron chi connectivity index (χ1n) is 6.11. The second-order valence-electron chi connectivity index (χ2n) is 4.37. The summed E-state index contributed by atoms with van der Waals surface area (Å²) in [6.45, 7) is -0.0897. The van der Waals surface area contributed by atoms with Crippen LogP contribution in [-0.4, -0.2) is 9.51 Å². The van der Waals surface area contributed by atoms with Crippen LogP contribution in [0.5, 0.6) is 0 Å². The summed E-state index contributed by atoms with van der Waals surface area (Å²) in [5.74, 6) is 0. The molecule has 0 spiro atoms. The molecule has 2 aromatic heterocycles. The van der Waals surface area contributed by atoms with Gasteiger partial charge in [-0.05, 0) is 23.8 Å². The maximum Gasteiger partial charge on any atom is 0.262 e. The summed E-state index contributed by atoms with van der Waals surface area (Å²) in [6, 6.07) is 16.8. The van der Waals surface area contributed by atoms with Crippen molar-refractivity contribution in [3.8, 4) is 11.1 Å². The Morgan fingerprint density at radius 3 is 2.47 bits per heavy atom. The van der Waals surface area contributed by atoms with Crippen LogP contribution in [0.1, 0.15) is 5.56 Å². The number of hydrogen-bond acceptors (Lipinski definition) is 2. The fourth-order valence-corrected chi connectivity index (χ4v) is 2.27. The molecule has 0 aliphatic heterocycles. The average molecular weight is 251 g/mol. The third-order valence-corrected chi connectivity index (χ3v) is 3.21. The van der Waals surface area contributed by atoms with E-state index in [1.165, 1.54) is 0 Å². The van der Waals surface area contributed by atoms with Crippen molar-refractivity contribution in [1.82, 2.24) is 4.40 Å². The molecule has 3 aromatic rings. The highest BCUT2D eigenvalue weighted by Crippen LogP contribution is 2.19. The number of rotatable bonds is 2. The second kappa shape index (κ2) is 4.71. The van der Waals surface area contributed by atoms with E-state index >= 15 is 0 Å². The lowest BCUT2D eigenvalue weighted by Crippen LogP contribution is -2.17. The fraction of sp³-hybridized carbons (Fsp3) is 0.0625. The van der Waals surface area contributed by atoms with E-state index in [0.717, 1.165) is 16.6 Å². The minimum Gasteiger partial charge on any atom is -0.392 e. The lowest BCUT2D eigenvalue weighted by atomic mass is 10.0. The maximum absolute atomic E-state index is 12.5. The van der Waals surface area contributed by atoms with Crippen molar-refractivity contribution in [2.24, 2.45) is 0 Å². The van der Waals surface area contributed by atoms with Gasteiger partial charge in [-0.1, -0.05) is 36.4 Å². The van der Waals surface area contributed by atoms with E-state index in [9.17, 15) is 9.90 Å². The number of pyridine rings is 2. The zero-order valence-electron chi connectivity index (χ0n) is 10.3. The molecule has 3 heteroatoms. The molecule has 3 rings (SSSR count). The minimum absolute atomic E-state index is 0.0704. The lowest BCUT2D eigenvalue weighted by Gasteiger charge is -2.09. The second-order valence-corrected chi connectivity index (χ2v) is 4.37. The molecule has 19 heavy (non-hydrogen) atoms. The Balaban J connectivity index is 2.39. The maximum atomic E-state index is 12.5. The van der Waals surface area contributed by atoms with Gasteiger partial charge < -0.3 is 5.11 Å². The van der Waals surface area contributed by atoms with E-state index < -0.39 is 0 Å². The van der Waals surface area contributed by atoms with E-state index in [2.05, 4.69) is 0 Å². The molecule has 0 fully saturated rings. The predicted octanol–water partition coefficient (Wildman–Crippen LogP) is 2.46. The molecule has 0 saturated carbocycles. The molecule has 2 heterocycles. The quantitative estimate of drug-likeness (QED) is 0.760. The number of aromatic nitrogens is 1. The largest absolute Gasteiger partial charge is 0.392 e. The van der Waals surface area contributed by atoms with Crippen molar-refractivity contribution >= 4 is 5.52 Å². The summed E-state index contributed by atoms with van der Waals surface area (Å²) < 4.78 is 1.58. The van der Waals surface area contributed by atoms with Gasteiger partial charge in [0.2, 0.25) is 0 Å². The summed E-state index contributed by atoms with van der Waals surface area (Å²) in [5.41, 5.74) is 2.89. The number of hydrogen-bond donors (Lipinski definition) is 1. The SMILES string of the molecule is O=c1c(-c2ccccc2)cc(CO)c2ccccn12. The molecule has 3 nitrogen and oxygen atoms in total. The van der Waals surface area contributed by atoms with Gasteiger partial charge in [0.1, 0.15) is 0 Å². The van der Waals surface area contributed by atoms with Gasteiger partial charge in [0.05, 0.1) is 12.1 Å². The molecule has 1 aromatic carbocycles. The molecule has 0 unspecified atom stereocenters. The highest BCUT2D eigenvalue weighted by molar-refractivity contribution is 5.68. The van der Waals surface area contributed by atoms with Crippen LogP contribution in [0.4, 0.5) is 0 Å². The third-order valence-electron chi connectivity index (χ3n) is 3.21. The van der Waals surface area contributed by atoms with Gasteiger partial charge in [-0.3, -0.25) is 9.20 Å². The van der Waals surface area contributed by atoms with Crippen molar-refractivity contribution in [2.75, 3.05) is 0 Å². The van der Waals surface area contributed by atoms with Crippen molar-refractivity contribution in [2.45, 2.75) is 6.61 Å². The Hall–Kier alpha value is -2.39. The molecule has 0 aliphatic carbocycles. The Morgan fingerprint density at radius 2 is 1.74 bits per heavy atom. The van der Waals surface area contributed by atoms with E-state index in [1.54, 1.807) is 16.7 Å². The van der Waals surface area contributed by atoms with Crippen molar-refractivity contribution in [3.63, 3.8) is 0 Å². The van der Waals surface area contributed by atoms with E-state index in [-0.39, 0.29) is 12.2 Å². The molecule has 94 valence electrons. The third kappa shape index (κ3) is 1.94. The van der Waals surface area contributed by atoms with Crippen molar-refractivity contribution in [1.29, 1.82) is 0 Å². The van der Waals surface area contributed by atoms with Gasteiger partial charge in [0, 0.05) is 17.3 Å². The number of fused-ring (bicyclic) bond motifs is 1. The van der Waals surface area contributed by atoms with Crippen LogP contribution in [0.2, 0.25) is 0 Å². The molecule has 0 atom stereocenters. The molecule has 0 radical (unpaired) electrons. The highest BCUT2D eigenvalue weighted by Gasteiger charge is 2.09. The molecule has 1 N–H and O–H groups in total. The lowest BCUT2D eigenvalue weighted by molar-refractivity contribution is 0.283. The van der Waals surface area contributed by atoms with Crippen molar-refractivity contribution in [3.05, 3.63) is 76.7 Å². The molecule has 0 aliphatic rings. The zero-order chi connectivity index (χ0) is 13.2. The van der Waals surface area contributed by atoms with Crippen LogP contribution >= 0.6 is 0 Å². The summed E-state index contributed by atoms with van der Waals surface area (Å²) in [7, 11) is 0. The number of aliphatic hydroxyl groups excluding tert-OH is 1. The topological polar surface area (TPSA) is 41.7 Å². The van der Waals surface area contributed by atoms with Crippen LogP contribution in [0.3, 0.4) is 0 Å². The normalized spacial score (nSPS) is 10.8. The first kappa shape index (κ1) is 11.7. The Morgan fingerprint density at radius 1 is 1.00 bits per heavy atom. The molecule has 0 saturated heterocycles.